The number of rotatable bonds is 2. The van der Waals surface area contributed by atoms with E-state index in [1.54, 1.807) is 0 Å². The Morgan fingerprint density at radius 2 is 1.48 bits per heavy atom. The first-order chi connectivity index (χ1) is 12.4. The minimum Gasteiger partial charge on any atom is -0.375 e. The van der Waals surface area contributed by atoms with Crippen LogP contribution in [0.25, 0.3) is 0 Å². The molecule has 1 aliphatic carbocycles. The van der Waals surface area contributed by atoms with Gasteiger partial charge < -0.3 is 4.74 Å². The van der Waals surface area contributed by atoms with Crippen LogP contribution in [-0.4, -0.2) is 38.0 Å². The Morgan fingerprint density at radius 1 is 0.926 bits per heavy atom. The van der Waals surface area contributed by atoms with Gasteiger partial charge >= 0.3 is 12.4 Å². The van der Waals surface area contributed by atoms with Gasteiger partial charge in [0.15, 0.2) is 0 Å². The Labute approximate surface area is 152 Å². The molecule has 0 aromatic heterocycles. The third kappa shape index (κ3) is 4.09. The van der Waals surface area contributed by atoms with Gasteiger partial charge in [-0.15, -0.1) is 0 Å². The van der Waals surface area contributed by atoms with Crippen molar-refractivity contribution >= 4 is 10.0 Å². The lowest BCUT2D eigenvalue weighted by Crippen LogP contribution is -2.54. The van der Waals surface area contributed by atoms with E-state index in [0.29, 0.717) is 19.3 Å². The lowest BCUT2D eigenvalue weighted by Gasteiger charge is -2.42. The molecule has 1 aromatic rings. The molecule has 0 unspecified atom stereocenters. The van der Waals surface area contributed by atoms with Crippen molar-refractivity contribution in [3.8, 4) is 0 Å². The number of benzene rings is 1. The quantitative estimate of drug-likeness (QED) is 0.682. The van der Waals surface area contributed by atoms with Crippen molar-refractivity contribution in [1.82, 2.24) is 4.31 Å². The second-order valence-corrected chi connectivity index (χ2v) is 8.51. The number of hydrogen-bond acceptors (Lipinski definition) is 3. The van der Waals surface area contributed by atoms with E-state index in [2.05, 4.69) is 0 Å². The van der Waals surface area contributed by atoms with Gasteiger partial charge in [-0.05, 0) is 31.0 Å². The molecule has 0 spiro atoms. The summed E-state index contributed by atoms with van der Waals surface area (Å²) in [4.78, 5) is -1.00. The molecule has 1 heterocycles. The second kappa shape index (κ2) is 6.93. The monoisotopic (exact) mass is 417 g/mol. The maximum absolute atomic E-state index is 13.0. The van der Waals surface area contributed by atoms with Crippen LogP contribution in [0.4, 0.5) is 26.3 Å². The van der Waals surface area contributed by atoms with Gasteiger partial charge in [-0.1, -0.05) is 12.8 Å². The lowest BCUT2D eigenvalue weighted by atomic mass is 9.91. The number of nitrogens with zero attached hydrogens (tertiary/aromatic N) is 1. The van der Waals surface area contributed by atoms with Crippen molar-refractivity contribution in [2.45, 2.75) is 55.1 Å². The number of morpholine rings is 1. The summed E-state index contributed by atoms with van der Waals surface area (Å²) in [5.41, 5.74) is -3.30. The second-order valence-electron chi connectivity index (χ2n) is 6.62. The highest BCUT2D eigenvalue weighted by Gasteiger charge is 2.43. The summed E-state index contributed by atoms with van der Waals surface area (Å²) in [6, 6.07) is -0.140. The number of ether oxygens (including phenoxy) is 1. The highest BCUT2D eigenvalue weighted by molar-refractivity contribution is 7.89. The molecule has 4 nitrogen and oxygen atoms in total. The van der Waals surface area contributed by atoms with Crippen LogP contribution < -0.4 is 0 Å². The predicted octanol–water partition coefficient (Wildman–Crippen LogP) is 4.06. The molecule has 11 heteroatoms. The van der Waals surface area contributed by atoms with E-state index in [0.717, 1.165) is 10.7 Å². The average molecular weight is 417 g/mol. The fourth-order valence-electron chi connectivity index (χ4n) is 3.57. The molecule has 0 amide bonds. The van der Waals surface area contributed by atoms with E-state index in [4.69, 9.17) is 4.74 Å². The van der Waals surface area contributed by atoms with Crippen LogP contribution in [-0.2, 0) is 27.1 Å². The first kappa shape index (κ1) is 20.4. The minimum atomic E-state index is -5.11. The maximum atomic E-state index is 13.0. The van der Waals surface area contributed by atoms with Crippen molar-refractivity contribution in [2.75, 3.05) is 13.2 Å². The van der Waals surface area contributed by atoms with Gasteiger partial charge in [0, 0.05) is 6.54 Å². The van der Waals surface area contributed by atoms with Gasteiger partial charge in [0.05, 0.1) is 34.8 Å². The Bertz CT molecular complexity index is 771. The van der Waals surface area contributed by atoms with E-state index in [1.165, 1.54) is 0 Å². The number of alkyl halides is 6. The van der Waals surface area contributed by atoms with Crippen LogP contribution in [0.5, 0.6) is 0 Å². The summed E-state index contributed by atoms with van der Waals surface area (Å²) in [5.74, 6) is 0. The Kier molecular flexibility index (Phi) is 5.23. The summed E-state index contributed by atoms with van der Waals surface area (Å²) in [7, 11) is -4.54. The van der Waals surface area contributed by atoms with Crippen LogP contribution >= 0.6 is 0 Å². The molecule has 3 rings (SSSR count). The number of halogens is 6. The number of sulfonamides is 1. The van der Waals surface area contributed by atoms with Crippen molar-refractivity contribution in [3.63, 3.8) is 0 Å². The highest BCUT2D eigenvalue weighted by atomic mass is 32.2. The number of hydrogen-bond donors (Lipinski definition) is 0. The molecule has 152 valence electrons. The lowest BCUT2D eigenvalue weighted by molar-refractivity contribution is -0.143. The van der Waals surface area contributed by atoms with Crippen LogP contribution in [0.2, 0.25) is 0 Å². The van der Waals surface area contributed by atoms with Gasteiger partial charge in [0.1, 0.15) is 0 Å². The topological polar surface area (TPSA) is 46.6 Å². The van der Waals surface area contributed by atoms with Crippen LogP contribution in [0, 0.1) is 0 Å². The van der Waals surface area contributed by atoms with Crippen LogP contribution in [0.15, 0.2) is 23.1 Å². The summed E-state index contributed by atoms with van der Waals surface area (Å²) < 4.78 is 111. The predicted molar refractivity (Wildman–Crippen MR) is 82.3 cm³/mol. The third-order valence-electron chi connectivity index (χ3n) is 4.85. The first-order valence-electron chi connectivity index (χ1n) is 8.33. The Hall–Kier alpha value is -1.33. The van der Waals surface area contributed by atoms with E-state index >= 15 is 0 Å². The molecule has 2 fully saturated rings. The molecule has 2 atom stereocenters. The molecule has 1 aliphatic heterocycles. The highest BCUT2D eigenvalue weighted by Crippen LogP contribution is 2.39. The fourth-order valence-corrected chi connectivity index (χ4v) is 5.31. The molecule has 27 heavy (non-hydrogen) atoms. The van der Waals surface area contributed by atoms with Crippen LogP contribution in [0.3, 0.4) is 0 Å². The normalized spacial score (nSPS) is 25.3. The Balaban J connectivity index is 2.08. The van der Waals surface area contributed by atoms with E-state index in [1.807, 2.05) is 0 Å². The van der Waals surface area contributed by atoms with Gasteiger partial charge in [-0.25, -0.2) is 8.42 Å². The molecule has 1 saturated heterocycles. The number of fused-ring (bicyclic) bond motifs is 1. The van der Waals surface area contributed by atoms with Crippen molar-refractivity contribution < 1.29 is 39.5 Å². The maximum Gasteiger partial charge on any atom is 0.416 e. The van der Waals surface area contributed by atoms with E-state index in [-0.39, 0.29) is 31.4 Å². The first-order valence-corrected chi connectivity index (χ1v) is 9.77. The summed E-state index contributed by atoms with van der Waals surface area (Å²) >= 11 is 0. The zero-order valence-electron chi connectivity index (χ0n) is 14.0. The van der Waals surface area contributed by atoms with Gasteiger partial charge in [0.2, 0.25) is 10.0 Å². The van der Waals surface area contributed by atoms with Crippen molar-refractivity contribution in [3.05, 3.63) is 29.3 Å². The SMILES string of the molecule is O=S(=O)(c1cc(C(F)(F)F)cc(C(F)(F)F)c1)N1CCO[C@@H]2CCCC[C@@H]21. The van der Waals surface area contributed by atoms with E-state index < -0.39 is 50.5 Å². The van der Waals surface area contributed by atoms with Crippen LogP contribution in [0.1, 0.15) is 36.8 Å². The zero-order valence-corrected chi connectivity index (χ0v) is 14.8. The van der Waals surface area contributed by atoms with Crippen molar-refractivity contribution in [1.29, 1.82) is 0 Å². The smallest absolute Gasteiger partial charge is 0.375 e. The molecule has 2 aliphatic rings. The largest absolute Gasteiger partial charge is 0.416 e. The molecule has 1 saturated carbocycles. The minimum absolute atomic E-state index is 0.0471. The molecule has 0 radical (unpaired) electrons. The zero-order chi connectivity index (χ0) is 20.0. The standard InChI is InChI=1S/C16H17F6NO3S/c17-15(18,19)10-7-11(16(20,21)22)9-12(8-10)27(24,25)23-5-6-26-14-4-2-1-3-13(14)23/h7-9,13-14H,1-6H2/t13-,14+/m0/s1. The molecular formula is C16H17F6NO3S. The summed E-state index contributed by atoms with van der Waals surface area (Å²) in [6.07, 6.45) is -8.00. The molecule has 0 N–H and O–H groups in total. The fraction of sp³-hybridized carbons (Fsp3) is 0.625. The molecule has 1 aromatic carbocycles. The molecular weight excluding hydrogens is 400 g/mol. The van der Waals surface area contributed by atoms with E-state index in [9.17, 15) is 34.8 Å². The third-order valence-corrected chi connectivity index (χ3v) is 6.75. The molecule has 0 bridgehead atoms. The Morgan fingerprint density at radius 3 is 2.04 bits per heavy atom. The summed E-state index contributed by atoms with van der Waals surface area (Å²) in [5, 5.41) is 0. The summed E-state index contributed by atoms with van der Waals surface area (Å²) in [6.45, 7) is -0.0629. The van der Waals surface area contributed by atoms with Gasteiger partial charge in [-0.2, -0.15) is 30.6 Å². The van der Waals surface area contributed by atoms with Gasteiger partial charge in [0.25, 0.3) is 0 Å². The van der Waals surface area contributed by atoms with Gasteiger partial charge in [-0.3, -0.25) is 0 Å². The van der Waals surface area contributed by atoms with Crippen molar-refractivity contribution in [2.24, 2.45) is 0 Å². The average Bonchev–Trinajstić information content (AvgIpc) is 2.59.